The van der Waals surface area contributed by atoms with Crippen molar-refractivity contribution in [3.63, 3.8) is 0 Å². The Morgan fingerprint density at radius 3 is 2.60 bits per heavy atom. The van der Waals surface area contributed by atoms with Crippen LogP contribution in [-0.2, 0) is 6.42 Å². The van der Waals surface area contributed by atoms with E-state index >= 15 is 0 Å². The predicted molar refractivity (Wildman–Crippen MR) is 77.2 cm³/mol. The van der Waals surface area contributed by atoms with Gasteiger partial charge in [0.1, 0.15) is 5.82 Å². The van der Waals surface area contributed by atoms with E-state index in [-0.39, 0.29) is 5.75 Å². The maximum absolute atomic E-state index is 13.4. The first-order valence-corrected chi connectivity index (χ1v) is 6.54. The summed E-state index contributed by atoms with van der Waals surface area (Å²) < 4.78 is 13.4. The van der Waals surface area contributed by atoms with Gasteiger partial charge in [-0.1, -0.05) is 13.8 Å². The van der Waals surface area contributed by atoms with Crippen molar-refractivity contribution in [3.8, 4) is 17.1 Å². The molecule has 20 heavy (non-hydrogen) atoms. The monoisotopic (exact) mass is 275 g/mol. The van der Waals surface area contributed by atoms with Crippen LogP contribution in [0, 0.1) is 11.7 Å². The Labute approximate surface area is 117 Å². The zero-order valence-corrected chi connectivity index (χ0v) is 11.8. The minimum atomic E-state index is -0.675. The largest absolute Gasteiger partial charge is 0.505 e. The first-order chi connectivity index (χ1) is 9.49. The fourth-order valence-electron chi connectivity index (χ4n) is 1.92. The number of nitrogens with one attached hydrogen (secondary N) is 1. The van der Waals surface area contributed by atoms with E-state index in [0.717, 1.165) is 12.1 Å². The van der Waals surface area contributed by atoms with Crippen LogP contribution in [0.25, 0.3) is 11.4 Å². The molecule has 2 N–H and O–H groups in total. The van der Waals surface area contributed by atoms with Crippen molar-refractivity contribution in [1.29, 1.82) is 0 Å². The van der Waals surface area contributed by atoms with E-state index in [0.29, 0.717) is 23.1 Å². The lowest BCUT2D eigenvalue weighted by molar-refractivity contribution is 0.432. The summed E-state index contributed by atoms with van der Waals surface area (Å²) in [5.41, 5.74) is 1.45. The van der Waals surface area contributed by atoms with Crippen molar-refractivity contribution in [2.24, 2.45) is 5.92 Å². The van der Waals surface area contributed by atoms with Crippen LogP contribution in [0.15, 0.2) is 24.3 Å². The average molecular weight is 275 g/mol. The second kappa shape index (κ2) is 5.86. The standard InChI is InChI=1S/C15H18FN3O/c1-9(2)6-11-8-14(17-3)19-15(18-11)10-4-5-13(20)12(16)7-10/h4-5,7-9,20H,6H2,1-3H3,(H,17,18,19). The van der Waals surface area contributed by atoms with Gasteiger partial charge in [0, 0.05) is 24.4 Å². The summed E-state index contributed by atoms with van der Waals surface area (Å²) in [5.74, 6) is 0.567. The van der Waals surface area contributed by atoms with Gasteiger partial charge in [-0.25, -0.2) is 14.4 Å². The molecule has 0 bridgehead atoms. The molecule has 106 valence electrons. The van der Waals surface area contributed by atoms with Crippen molar-refractivity contribution in [2.75, 3.05) is 12.4 Å². The number of nitrogens with zero attached hydrogens (tertiary/aromatic N) is 2. The lowest BCUT2D eigenvalue weighted by atomic mass is 10.1. The number of phenolic OH excluding ortho intramolecular Hbond substituents is 1. The van der Waals surface area contributed by atoms with E-state index in [9.17, 15) is 9.50 Å². The Morgan fingerprint density at radius 2 is 2.00 bits per heavy atom. The van der Waals surface area contributed by atoms with Crippen LogP contribution in [0.5, 0.6) is 5.75 Å². The molecule has 0 radical (unpaired) electrons. The molecule has 0 fully saturated rings. The van der Waals surface area contributed by atoms with E-state index in [1.54, 1.807) is 13.1 Å². The summed E-state index contributed by atoms with van der Waals surface area (Å²) >= 11 is 0. The van der Waals surface area contributed by atoms with E-state index < -0.39 is 5.82 Å². The van der Waals surface area contributed by atoms with E-state index in [1.807, 2.05) is 6.07 Å². The zero-order chi connectivity index (χ0) is 14.7. The van der Waals surface area contributed by atoms with Gasteiger partial charge in [-0.2, -0.15) is 0 Å². The van der Waals surface area contributed by atoms with E-state index in [2.05, 4.69) is 29.1 Å². The van der Waals surface area contributed by atoms with Crippen LogP contribution >= 0.6 is 0 Å². The van der Waals surface area contributed by atoms with Gasteiger partial charge in [-0.15, -0.1) is 0 Å². The number of benzene rings is 1. The van der Waals surface area contributed by atoms with Gasteiger partial charge in [-0.3, -0.25) is 0 Å². The van der Waals surface area contributed by atoms with Crippen molar-refractivity contribution in [3.05, 3.63) is 35.8 Å². The molecular weight excluding hydrogens is 257 g/mol. The maximum Gasteiger partial charge on any atom is 0.165 e. The lowest BCUT2D eigenvalue weighted by Gasteiger charge is -2.10. The summed E-state index contributed by atoms with van der Waals surface area (Å²) in [7, 11) is 1.78. The molecule has 0 atom stereocenters. The molecule has 0 amide bonds. The average Bonchev–Trinajstić information content (AvgIpc) is 2.40. The van der Waals surface area contributed by atoms with Crippen molar-refractivity contribution in [2.45, 2.75) is 20.3 Å². The van der Waals surface area contributed by atoms with Gasteiger partial charge in [0.2, 0.25) is 0 Å². The smallest absolute Gasteiger partial charge is 0.165 e. The summed E-state index contributed by atoms with van der Waals surface area (Å²) in [6, 6.07) is 6.04. The SMILES string of the molecule is CNc1cc(CC(C)C)nc(-c2ccc(O)c(F)c2)n1. The number of halogens is 1. The molecule has 0 spiro atoms. The summed E-state index contributed by atoms with van der Waals surface area (Å²) in [6.45, 7) is 4.22. The van der Waals surface area contributed by atoms with Crippen LogP contribution < -0.4 is 5.32 Å². The molecule has 0 aliphatic heterocycles. The second-order valence-electron chi connectivity index (χ2n) is 5.08. The van der Waals surface area contributed by atoms with Crippen LogP contribution in [0.1, 0.15) is 19.5 Å². The molecule has 0 saturated heterocycles. The van der Waals surface area contributed by atoms with Gasteiger partial charge < -0.3 is 10.4 Å². The number of hydrogen-bond donors (Lipinski definition) is 2. The Balaban J connectivity index is 2.46. The number of anilines is 1. The number of hydrogen-bond acceptors (Lipinski definition) is 4. The first-order valence-electron chi connectivity index (χ1n) is 6.54. The highest BCUT2D eigenvalue weighted by Crippen LogP contribution is 2.24. The third kappa shape index (κ3) is 3.23. The van der Waals surface area contributed by atoms with Crippen LogP contribution in [0.3, 0.4) is 0 Å². The first kappa shape index (κ1) is 14.2. The third-order valence-electron chi connectivity index (χ3n) is 2.86. The highest BCUT2D eigenvalue weighted by atomic mass is 19.1. The second-order valence-corrected chi connectivity index (χ2v) is 5.08. The molecular formula is C15H18FN3O. The van der Waals surface area contributed by atoms with E-state index in [4.69, 9.17) is 0 Å². The lowest BCUT2D eigenvalue weighted by Crippen LogP contribution is -2.03. The quantitative estimate of drug-likeness (QED) is 0.899. The van der Waals surface area contributed by atoms with Crippen molar-refractivity contribution >= 4 is 5.82 Å². The molecule has 4 nitrogen and oxygen atoms in total. The fourth-order valence-corrected chi connectivity index (χ4v) is 1.92. The molecule has 2 rings (SSSR count). The minimum absolute atomic E-state index is 0.374. The Morgan fingerprint density at radius 1 is 1.25 bits per heavy atom. The number of rotatable bonds is 4. The summed E-state index contributed by atoms with van der Waals surface area (Å²) in [6.07, 6.45) is 0.824. The van der Waals surface area contributed by atoms with Crippen molar-refractivity contribution in [1.82, 2.24) is 9.97 Å². The minimum Gasteiger partial charge on any atom is -0.505 e. The summed E-state index contributed by atoms with van der Waals surface area (Å²) in [5, 5.41) is 12.2. The predicted octanol–water partition coefficient (Wildman–Crippen LogP) is 3.23. The molecule has 0 unspecified atom stereocenters. The van der Waals surface area contributed by atoms with Gasteiger partial charge in [0.25, 0.3) is 0 Å². The molecule has 5 heteroatoms. The van der Waals surface area contributed by atoms with Gasteiger partial charge in [-0.05, 0) is 30.5 Å². The molecule has 1 heterocycles. The van der Waals surface area contributed by atoms with Gasteiger partial charge >= 0.3 is 0 Å². The van der Waals surface area contributed by atoms with Crippen LogP contribution in [-0.4, -0.2) is 22.1 Å². The van der Waals surface area contributed by atoms with Gasteiger partial charge in [0.05, 0.1) is 0 Å². The van der Waals surface area contributed by atoms with E-state index in [1.165, 1.54) is 12.1 Å². The van der Waals surface area contributed by atoms with Crippen LogP contribution in [0.2, 0.25) is 0 Å². The molecule has 2 aromatic rings. The van der Waals surface area contributed by atoms with Gasteiger partial charge in [0.15, 0.2) is 17.4 Å². The Bertz CT molecular complexity index is 614. The fraction of sp³-hybridized carbons (Fsp3) is 0.333. The molecule has 1 aromatic carbocycles. The summed E-state index contributed by atoms with van der Waals surface area (Å²) in [4.78, 5) is 8.79. The third-order valence-corrected chi connectivity index (χ3v) is 2.86. The molecule has 0 saturated carbocycles. The number of phenols is 1. The highest BCUT2D eigenvalue weighted by molar-refractivity contribution is 5.59. The number of aromatic hydroxyl groups is 1. The topological polar surface area (TPSA) is 58.0 Å². The normalized spacial score (nSPS) is 10.8. The van der Waals surface area contributed by atoms with Crippen molar-refractivity contribution < 1.29 is 9.50 Å². The molecule has 1 aromatic heterocycles. The zero-order valence-electron chi connectivity index (χ0n) is 11.8. The molecule has 0 aliphatic rings. The molecule has 0 aliphatic carbocycles. The van der Waals surface area contributed by atoms with Crippen LogP contribution in [0.4, 0.5) is 10.2 Å². The maximum atomic E-state index is 13.4. The Hall–Kier alpha value is -2.17. The Kier molecular flexibility index (Phi) is 4.17. The number of aromatic nitrogens is 2. The highest BCUT2D eigenvalue weighted by Gasteiger charge is 2.10.